The van der Waals surface area contributed by atoms with Gasteiger partial charge in [0.15, 0.2) is 0 Å². The molecule has 2 aliphatic rings. The third kappa shape index (κ3) is 4.67. The second-order valence-electron chi connectivity index (χ2n) is 9.87. The molecule has 3 aromatic rings. The molecule has 2 heterocycles. The lowest BCUT2D eigenvalue weighted by Gasteiger charge is -2.42. The largest absolute Gasteiger partial charge is 0.382 e. The molecule has 0 spiro atoms. The average Bonchev–Trinajstić information content (AvgIpc) is 3.36. The molecule has 1 aliphatic heterocycles. The number of nitrogens with zero attached hydrogens (tertiary/aromatic N) is 4. The second-order valence-corrected chi connectivity index (χ2v) is 9.87. The van der Waals surface area contributed by atoms with E-state index in [0.717, 1.165) is 34.0 Å². The summed E-state index contributed by atoms with van der Waals surface area (Å²) in [5.41, 5.74) is 5.90. The molecule has 1 amide bonds. The van der Waals surface area contributed by atoms with Crippen LogP contribution in [-0.4, -0.2) is 41.0 Å². The maximum Gasteiger partial charge on any atom is 0.249 e. The maximum absolute atomic E-state index is 12.7. The molecule has 5 rings (SSSR count). The van der Waals surface area contributed by atoms with Crippen LogP contribution in [0.5, 0.6) is 0 Å². The predicted octanol–water partition coefficient (Wildman–Crippen LogP) is 5.82. The van der Waals surface area contributed by atoms with Gasteiger partial charge in [-0.05, 0) is 70.0 Å². The number of benzene rings is 2. The molecule has 0 saturated heterocycles. The molecule has 1 fully saturated rings. The lowest BCUT2D eigenvalue weighted by atomic mass is 10.0. The zero-order chi connectivity index (χ0) is 24.5. The number of likely N-dealkylation sites (N-methyl/N-ethyl adjacent to an activating group) is 1. The van der Waals surface area contributed by atoms with Gasteiger partial charge in [-0.2, -0.15) is 0 Å². The Balaban J connectivity index is 1.39. The Kier molecular flexibility index (Phi) is 6.32. The summed E-state index contributed by atoms with van der Waals surface area (Å²) in [4.78, 5) is 25.9. The topological polar surface area (TPSA) is 73.4 Å². The molecule has 0 radical (unpaired) electrons. The third-order valence-electron chi connectivity index (χ3n) is 7.07. The van der Waals surface area contributed by atoms with Gasteiger partial charge in [-0.3, -0.25) is 4.79 Å². The molecule has 0 bridgehead atoms. The van der Waals surface area contributed by atoms with Crippen molar-refractivity contribution in [3.8, 4) is 11.3 Å². The van der Waals surface area contributed by atoms with Gasteiger partial charge in [0.2, 0.25) is 11.9 Å². The Morgan fingerprint density at radius 2 is 1.80 bits per heavy atom. The maximum atomic E-state index is 12.7. The third-order valence-corrected chi connectivity index (χ3v) is 7.07. The van der Waals surface area contributed by atoms with Crippen molar-refractivity contribution < 1.29 is 4.79 Å². The van der Waals surface area contributed by atoms with Crippen LogP contribution < -0.4 is 20.4 Å². The van der Waals surface area contributed by atoms with Crippen LogP contribution in [0.15, 0.2) is 54.7 Å². The van der Waals surface area contributed by atoms with E-state index in [9.17, 15) is 4.79 Å². The number of amides is 1. The van der Waals surface area contributed by atoms with Crippen LogP contribution in [0, 0.1) is 0 Å². The first kappa shape index (κ1) is 23.1. The summed E-state index contributed by atoms with van der Waals surface area (Å²) in [6, 6.07) is 17.0. The van der Waals surface area contributed by atoms with Crippen molar-refractivity contribution in [3.05, 3.63) is 54.7 Å². The fourth-order valence-corrected chi connectivity index (χ4v) is 5.33. The summed E-state index contributed by atoms with van der Waals surface area (Å²) in [6.45, 7) is 6.19. The highest BCUT2D eigenvalue weighted by Crippen LogP contribution is 2.39. The first-order chi connectivity index (χ1) is 16.9. The number of nitrogens with one attached hydrogen (secondary N) is 2. The average molecular weight is 471 g/mol. The van der Waals surface area contributed by atoms with Gasteiger partial charge < -0.3 is 20.4 Å². The number of carbonyl (C=O) groups excluding carboxylic acids is 1. The van der Waals surface area contributed by atoms with Gasteiger partial charge in [-0.25, -0.2) is 9.97 Å². The van der Waals surface area contributed by atoms with Crippen LogP contribution in [0.3, 0.4) is 0 Å². The van der Waals surface area contributed by atoms with Crippen molar-refractivity contribution in [2.45, 2.75) is 64.6 Å². The van der Waals surface area contributed by atoms with Gasteiger partial charge in [0.1, 0.15) is 6.04 Å². The molecule has 1 atom stereocenters. The lowest BCUT2D eigenvalue weighted by Crippen LogP contribution is -2.53. The highest BCUT2D eigenvalue weighted by molar-refractivity contribution is 6.05. The van der Waals surface area contributed by atoms with Crippen molar-refractivity contribution in [3.63, 3.8) is 0 Å². The lowest BCUT2D eigenvalue weighted by molar-refractivity contribution is -0.119. The van der Waals surface area contributed by atoms with E-state index < -0.39 is 0 Å². The smallest absolute Gasteiger partial charge is 0.249 e. The Bertz CT molecular complexity index is 1220. The minimum atomic E-state index is -0.215. The van der Waals surface area contributed by atoms with E-state index in [4.69, 9.17) is 4.98 Å². The molecule has 7 nitrogen and oxygen atoms in total. The second kappa shape index (κ2) is 9.56. The number of aromatic nitrogens is 2. The highest BCUT2D eigenvalue weighted by atomic mass is 16.2. The Morgan fingerprint density at radius 3 is 2.57 bits per heavy atom. The molecule has 2 aromatic carbocycles. The molecular formula is C28H34N6O. The summed E-state index contributed by atoms with van der Waals surface area (Å²) in [5.74, 6) is 0.647. The summed E-state index contributed by atoms with van der Waals surface area (Å²) in [5, 5.41) is 7.04. The van der Waals surface area contributed by atoms with Gasteiger partial charge in [-0.15, -0.1) is 0 Å². The van der Waals surface area contributed by atoms with Crippen LogP contribution in [0.25, 0.3) is 11.3 Å². The minimum Gasteiger partial charge on any atom is -0.382 e. The van der Waals surface area contributed by atoms with Crippen LogP contribution in [0.1, 0.15) is 46.5 Å². The SMILES string of the molecule is CC(C)N1c2cc(Nc3nccc(-c4cccc(NC5CCCC5)c4)n3)ccc2N(C)C(=O)[C@H]1C. The van der Waals surface area contributed by atoms with Gasteiger partial charge >= 0.3 is 0 Å². The first-order valence-corrected chi connectivity index (χ1v) is 12.6. The van der Waals surface area contributed by atoms with Crippen molar-refractivity contribution >= 4 is 34.6 Å². The molecule has 1 saturated carbocycles. The standard InChI is InChI=1S/C28H34N6O/c1-18(2)34-19(3)27(35)33(4)25-13-12-23(17-26(25)34)31-28-29-15-14-24(32-28)20-8-7-11-22(16-20)30-21-9-5-6-10-21/h7-8,11-19,21,30H,5-6,9-10H2,1-4H3,(H,29,31,32)/t19-/m1/s1. The van der Waals surface area contributed by atoms with Gasteiger partial charge in [-0.1, -0.05) is 25.0 Å². The first-order valence-electron chi connectivity index (χ1n) is 12.6. The number of hydrogen-bond donors (Lipinski definition) is 2. The van der Waals surface area contributed by atoms with Crippen LogP contribution >= 0.6 is 0 Å². The van der Waals surface area contributed by atoms with E-state index in [1.54, 1.807) is 11.1 Å². The molecule has 1 aliphatic carbocycles. The minimum absolute atomic E-state index is 0.104. The van der Waals surface area contributed by atoms with Crippen LogP contribution in [0.4, 0.5) is 28.7 Å². The van der Waals surface area contributed by atoms with Gasteiger partial charge in [0, 0.05) is 42.3 Å². The monoisotopic (exact) mass is 470 g/mol. The van der Waals surface area contributed by atoms with E-state index in [1.807, 2.05) is 32.2 Å². The molecule has 35 heavy (non-hydrogen) atoms. The molecular weight excluding hydrogens is 436 g/mol. The van der Waals surface area contributed by atoms with E-state index in [0.29, 0.717) is 12.0 Å². The van der Waals surface area contributed by atoms with Crippen molar-refractivity contribution in [2.75, 3.05) is 27.5 Å². The van der Waals surface area contributed by atoms with Gasteiger partial charge in [0.05, 0.1) is 17.1 Å². The highest BCUT2D eigenvalue weighted by Gasteiger charge is 2.35. The van der Waals surface area contributed by atoms with Crippen molar-refractivity contribution in [1.82, 2.24) is 9.97 Å². The molecule has 182 valence electrons. The number of hydrogen-bond acceptors (Lipinski definition) is 6. The zero-order valence-electron chi connectivity index (χ0n) is 21.0. The van der Waals surface area contributed by atoms with E-state index >= 15 is 0 Å². The Hall–Kier alpha value is -3.61. The fraction of sp³-hybridized carbons (Fsp3) is 0.393. The Labute approximate surface area is 207 Å². The zero-order valence-corrected chi connectivity index (χ0v) is 21.0. The Morgan fingerprint density at radius 1 is 1.00 bits per heavy atom. The number of carbonyl (C=O) groups is 1. The molecule has 2 N–H and O–H groups in total. The molecule has 7 heteroatoms. The van der Waals surface area contributed by atoms with Gasteiger partial charge in [0.25, 0.3) is 0 Å². The van der Waals surface area contributed by atoms with Crippen molar-refractivity contribution in [1.29, 1.82) is 0 Å². The summed E-state index contributed by atoms with van der Waals surface area (Å²) in [7, 11) is 1.84. The van der Waals surface area contributed by atoms with E-state index in [1.165, 1.54) is 25.7 Å². The predicted molar refractivity (Wildman–Crippen MR) is 144 cm³/mol. The van der Waals surface area contributed by atoms with Crippen molar-refractivity contribution in [2.24, 2.45) is 0 Å². The van der Waals surface area contributed by atoms with E-state index in [-0.39, 0.29) is 18.0 Å². The normalized spacial score (nSPS) is 18.2. The van der Waals surface area contributed by atoms with Crippen LogP contribution in [0.2, 0.25) is 0 Å². The molecule has 1 aromatic heterocycles. The number of anilines is 5. The number of fused-ring (bicyclic) bond motifs is 1. The molecule has 0 unspecified atom stereocenters. The number of rotatable bonds is 6. The summed E-state index contributed by atoms with van der Waals surface area (Å²) >= 11 is 0. The summed E-state index contributed by atoms with van der Waals surface area (Å²) in [6.07, 6.45) is 6.88. The quantitative estimate of drug-likeness (QED) is 0.473. The van der Waals surface area contributed by atoms with Crippen LogP contribution in [-0.2, 0) is 4.79 Å². The summed E-state index contributed by atoms with van der Waals surface area (Å²) < 4.78 is 0. The van der Waals surface area contributed by atoms with E-state index in [2.05, 4.69) is 64.7 Å². The fourth-order valence-electron chi connectivity index (χ4n) is 5.33.